The average molecular weight is 311 g/mol. The summed E-state index contributed by atoms with van der Waals surface area (Å²) in [5, 5.41) is 6.47. The molecular weight excluding hydrogens is 292 g/mol. The summed E-state index contributed by atoms with van der Waals surface area (Å²) < 4.78 is 4.72. The van der Waals surface area contributed by atoms with E-state index in [4.69, 9.17) is 16.3 Å². The Morgan fingerprint density at radius 1 is 1.38 bits per heavy atom. The van der Waals surface area contributed by atoms with Crippen molar-refractivity contribution in [2.75, 3.05) is 19.0 Å². The third-order valence-corrected chi connectivity index (χ3v) is 3.99. The third kappa shape index (κ3) is 3.54. The highest BCUT2D eigenvalue weighted by Crippen LogP contribution is 2.25. The molecule has 1 aromatic carbocycles. The van der Waals surface area contributed by atoms with Crippen LogP contribution in [0.25, 0.3) is 0 Å². The first-order chi connectivity index (χ1) is 9.96. The first-order valence-electron chi connectivity index (χ1n) is 6.90. The van der Waals surface area contributed by atoms with Crippen LogP contribution in [-0.2, 0) is 9.53 Å². The molecule has 1 atom stereocenters. The highest BCUT2D eigenvalue weighted by atomic mass is 35.5. The molecule has 0 aromatic heterocycles. The van der Waals surface area contributed by atoms with Crippen LogP contribution in [0.5, 0.6) is 0 Å². The SMILES string of the molecule is COC(=O)c1ccc(Cl)cc1NC(=O)C1(C)CCCCN1. The number of methoxy groups -OCH3 is 1. The first kappa shape index (κ1) is 15.8. The number of nitrogens with one attached hydrogen (secondary N) is 2. The van der Waals surface area contributed by atoms with Crippen molar-refractivity contribution in [1.29, 1.82) is 0 Å². The number of hydrogen-bond donors (Lipinski definition) is 2. The second-order valence-electron chi connectivity index (χ2n) is 5.35. The van der Waals surface area contributed by atoms with Crippen LogP contribution >= 0.6 is 11.6 Å². The van der Waals surface area contributed by atoms with Gasteiger partial charge in [-0.25, -0.2) is 4.79 Å². The van der Waals surface area contributed by atoms with Crippen LogP contribution < -0.4 is 10.6 Å². The van der Waals surface area contributed by atoms with E-state index >= 15 is 0 Å². The molecule has 1 fully saturated rings. The van der Waals surface area contributed by atoms with Crippen molar-refractivity contribution >= 4 is 29.2 Å². The number of rotatable bonds is 3. The van der Waals surface area contributed by atoms with Gasteiger partial charge in [0.1, 0.15) is 0 Å². The minimum absolute atomic E-state index is 0.172. The highest BCUT2D eigenvalue weighted by Gasteiger charge is 2.34. The molecule has 6 heteroatoms. The normalized spacial score (nSPS) is 21.7. The lowest BCUT2D eigenvalue weighted by Gasteiger charge is -2.33. The molecule has 2 rings (SSSR count). The van der Waals surface area contributed by atoms with E-state index in [1.165, 1.54) is 7.11 Å². The molecule has 114 valence electrons. The molecule has 1 aliphatic heterocycles. The summed E-state index contributed by atoms with van der Waals surface area (Å²) in [6.45, 7) is 2.67. The van der Waals surface area contributed by atoms with Crippen LogP contribution in [0, 0.1) is 0 Å². The van der Waals surface area contributed by atoms with Gasteiger partial charge in [0.15, 0.2) is 0 Å². The van der Waals surface area contributed by atoms with Crippen molar-refractivity contribution in [3.8, 4) is 0 Å². The van der Waals surface area contributed by atoms with Crippen molar-refractivity contribution in [2.45, 2.75) is 31.7 Å². The molecule has 1 amide bonds. The Morgan fingerprint density at radius 3 is 2.76 bits per heavy atom. The topological polar surface area (TPSA) is 67.4 Å². The Morgan fingerprint density at radius 2 is 2.14 bits per heavy atom. The molecule has 0 radical (unpaired) electrons. The summed E-state index contributed by atoms with van der Waals surface area (Å²) in [7, 11) is 1.30. The Balaban J connectivity index is 2.24. The summed E-state index contributed by atoms with van der Waals surface area (Å²) in [6, 6.07) is 4.68. The van der Waals surface area contributed by atoms with Crippen molar-refractivity contribution in [3.63, 3.8) is 0 Å². The van der Waals surface area contributed by atoms with Gasteiger partial charge in [0.2, 0.25) is 5.91 Å². The zero-order valence-corrected chi connectivity index (χ0v) is 12.9. The third-order valence-electron chi connectivity index (χ3n) is 3.75. The van der Waals surface area contributed by atoms with E-state index in [9.17, 15) is 9.59 Å². The average Bonchev–Trinajstić information content (AvgIpc) is 2.47. The van der Waals surface area contributed by atoms with E-state index < -0.39 is 11.5 Å². The van der Waals surface area contributed by atoms with Gasteiger partial charge in [-0.15, -0.1) is 0 Å². The van der Waals surface area contributed by atoms with Crippen molar-refractivity contribution in [3.05, 3.63) is 28.8 Å². The minimum atomic E-state index is -0.631. The summed E-state index contributed by atoms with van der Waals surface area (Å²) in [5.41, 5.74) is 0.0242. The fraction of sp³-hybridized carbons (Fsp3) is 0.467. The number of esters is 1. The molecule has 2 N–H and O–H groups in total. The van der Waals surface area contributed by atoms with E-state index in [1.807, 2.05) is 6.92 Å². The number of carbonyl (C=O) groups is 2. The largest absolute Gasteiger partial charge is 0.465 e. The lowest BCUT2D eigenvalue weighted by atomic mass is 9.90. The van der Waals surface area contributed by atoms with Crippen LogP contribution in [0.4, 0.5) is 5.69 Å². The van der Waals surface area contributed by atoms with Gasteiger partial charge in [-0.3, -0.25) is 4.79 Å². The van der Waals surface area contributed by atoms with Crippen LogP contribution in [0.3, 0.4) is 0 Å². The second-order valence-corrected chi connectivity index (χ2v) is 5.79. The van der Waals surface area contributed by atoms with Gasteiger partial charge in [0, 0.05) is 5.02 Å². The van der Waals surface area contributed by atoms with Gasteiger partial charge in [0.05, 0.1) is 23.9 Å². The Hall–Kier alpha value is -1.59. The number of anilines is 1. The Bertz CT molecular complexity index is 554. The van der Waals surface area contributed by atoms with Crippen LogP contribution in [-0.4, -0.2) is 31.1 Å². The number of halogens is 1. The van der Waals surface area contributed by atoms with Crippen LogP contribution in [0.2, 0.25) is 5.02 Å². The van der Waals surface area contributed by atoms with E-state index in [2.05, 4.69) is 10.6 Å². The molecule has 0 bridgehead atoms. The number of amides is 1. The molecule has 1 unspecified atom stereocenters. The molecule has 0 aliphatic carbocycles. The zero-order chi connectivity index (χ0) is 15.5. The van der Waals surface area contributed by atoms with Gasteiger partial charge >= 0.3 is 5.97 Å². The van der Waals surface area contributed by atoms with Gasteiger partial charge < -0.3 is 15.4 Å². The lowest BCUT2D eigenvalue weighted by molar-refractivity contribution is -0.122. The lowest BCUT2D eigenvalue weighted by Crippen LogP contribution is -2.54. The Kier molecular flexibility index (Phi) is 4.85. The summed E-state index contributed by atoms with van der Waals surface area (Å²) >= 11 is 5.95. The molecule has 1 aromatic rings. The molecule has 21 heavy (non-hydrogen) atoms. The number of piperidine rings is 1. The van der Waals surface area contributed by atoms with E-state index in [0.717, 1.165) is 25.8 Å². The maximum atomic E-state index is 12.5. The summed E-state index contributed by atoms with van der Waals surface area (Å²) in [4.78, 5) is 24.2. The summed E-state index contributed by atoms with van der Waals surface area (Å²) in [6.07, 6.45) is 2.82. The number of hydrogen-bond acceptors (Lipinski definition) is 4. The first-order valence-corrected chi connectivity index (χ1v) is 7.28. The van der Waals surface area contributed by atoms with E-state index in [0.29, 0.717) is 10.7 Å². The predicted octanol–water partition coefficient (Wildman–Crippen LogP) is 2.60. The number of ether oxygens (including phenoxy) is 1. The quantitative estimate of drug-likeness (QED) is 0.842. The van der Waals surface area contributed by atoms with Crippen LogP contribution in [0.1, 0.15) is 36.5 Å². The van der Waals surface area contributed by atoms with Crippen LogP contribution in [0.15, 0.2) is 18.2 Å². The molecule has 0 saturated carbocycles. The molecular formula is C15H19ClN2O3. The van der Waals surface area contributed by atoms with Gasteiger partial charge in [0.25, 0.3) is 0 Å². The highest BCUT2D eigenvalue weighted by molar-refractivity contribution is 6.31. The molecule has 1 aliphatic rings. The zero-order valence-electron chi connectivity index (χ0n) is 12.2. The van der Waals surface area contributed by atoms with E-state index in [1.54, 1.807) is 18.2 Å². The van der Waals surface area contributed by atoms with Gasteiger partial charge in [-0.1, -0.05) is 11.6 Å². The Labute approximate surface area is 129 Å². The fourth-order valence-electron chi connectivity index (χ4n) is 2.42. The molecule has 1 saturated heterocycles. The standard InChI is InChI=1S/C15H19ClN2O3/c1-15(7-3-4-8-17-15)14(20)18-12-9-10(16)5-6-11(12)13(19)21-2/h5-6,9,17H,3-4,7-8H2,1-2H3,(H,18,20). The fourth-order valence-corrected chi connectivity index (χ4v) is 2.59. The van der Waals surface area contributed by atoms with Crippen molar-refractivity contribution < 1.29 is 14.3 Å². The number of benzene rings is 1. The monoisotopic (exact) mass is 310 g/mol. The maximum Gasteiger partial charge on any atom is 0.339 e. The summed E-state index contributed by atoms with van der Waals surface area (Å²) in [5.74, 6) is -0.682. The van der Waals surface area contributed by atoms with Crippen molar-refractivity contribution in [1.82, 2.24) is 5.32 Å². The predicted molar refractivity (Wildman–Crippen MR) is 81.7 cm³/mol. The van der Waals surface area contributed by atoms with E-state index in [-0.39, 0.29) is 11.5 Å². The maximum absolute atomic E-state index is 12.5. The molecule has 0 spiro atoms. The minimum Gasteiger partial charge on any atom is -0.465 e. The molecule has 5 nitrogen and oxygen atoms in total. The smallest absolute Gasteiger partial charge is 0.339 e. The number of carbonyl (C=O) groups excluding carboxylic acids is 2. The van der Waals surface area contributed by atoms with Gasteiger partial charge in [-0.2, -0.15) is 0 Å². The van der Waals surface area contributed by atoms with Gasteiger partial charge in [-0.05, 0) is 50.9 Å². The van der Waals surface area contributed by atoms with Crippen molar-refractivity contribution in [2.24, 2.45) is 0 Å². The molecule has 1 heterocycles. The second kappa shape index (κ2) is 6.45.